The van der Waals surface area contributed by atoms with Gasteiger partial charge in [-0.3, -0.25) is 4.79 Å². The normalized spacial score (nSPS) is 19.8. The van der Waals surface area contributed by atoms with E-state index < -0.39 is 0 Å². The molecular formula is C21H23FN2O. The molecule has 3 nitrogen and oxygen atoms in total. The third-order valence-electron chi connectivity index (χ3n) is 4.62. The summed E-state index contributed by atoms with van der Waals surface area (Å²) in [5.74, 6) is -0.280. The summed E-state index contributed by atoms with van der Waals surface area (Å²) < 4.78 is 13.5. The van der Waals surface area contributed by atoms with Crippen LogP contribution in [0.2, 0.25) is 0 Å². The lowest BCUT2D eigenvalue weighted by Crippen LogP contribution is -2.20. The molecular weight excluding hydrogens is 315 g/mol. The molecule has 1 aliphatic carbocycles. The van der Waals surface area contributed by atoms with Gasteiger partial charge < -0.3 is 0 Å². The number of rotatable bonds is 4. The Morgan fingerprint density at radius 3 is 2.48 bits per heavy atom. The largest absolute Gasteiger partial charge is 0.273 e. The molecule has 3 rings (SSSR count). The van der Waals surface area contributed by atoms with Gasteiger partial charge in [0.2, 0.25) is 5.91 Å². The van der Waals surface area contributed by atoms with Gasteiger partial charge in [-0.2, -0.15) is 5.10 Å². The molecule has 1 saturated carbocycles. The Bertz CT molecular complexity index is 790. The zero-order valence-electron chi connectivity index (χ0n) is 14.8. The molecule has 2 aromatic rings. The Labute approximate surface area is 148 Å². The van der Waals surface area contributed by atoms with Gasteiger partial charge in [0.05, 0.1) is 6.21 Å². The van der Waals surface area contributed by atoms with E-state index in [0.29, 0.717) is 5.56 Å². The topological polar surface area (TPSA) is 41.5 Å². The van der Waals surface area contributed by atoms with E-state index in [4.69, 9.17) is 0 Å². The van der Waals surface area contributed by atoms with E-state index >= 15 is 0 Å². The van der Waals surface area contributed by atoms with E-state index in [1.54, 1.807) is 18.2 Å². The van der Waals surface area contributed by atoms with E-state index in [-0.39, 0.29) is 29.0 Å². The van der Waals surface area contributed by atoms with Crippen LogP contribution in [0.4, 0.5) is 4.39 Å². The molecule has 1 N–H and O–H groups in total. The summed E-state index contributed by atoms with van der Waals surface area (Å²) in [6.45, 7) is 6.55. The molecule has 1 aliphatic rings. The maximum Gasteiger partial charge on any atom is 0.243 e. The number of amides is 1. The van der Waals surface area contributed by atoms with Crippen molar-refractivity contribution in [3.05, 3.63) is 71.0 Å². The van der Waals surface area contributed by atoms with Gasteiger partial charge in [0.25, 0.3) is 0 Å². The van der Waals surface area contributed by atoms with Gasteiger partial charge in [-0.15, -0.1) is 0 Å². The van der Waals surface area contributed by atoms with Crippen LogP contribution in [0.25, 0.3) is 0 Å². The van der Waals surface area contributed by atoms with Crippen LogP contribution in [0, 0.1) is 11.7 Å². The average Bonchev–Trinajstić information content (AvgIpc) is 3.37. The first-order chi connectivity index (χ1) is 11.9. The van der Waals surface area contributed by atoms with Gasteiger partial charge >= 0.3 is 0 Å². The van der Waals surface area contributed by atoms with Crippen molar-refractivity contribution in [2.75, 3.05) is 0 Å². The highest BCUT2D eigenvalue weighted by molar-refractivity contribution is 5.85. The molecule has 0 aliphatic heterocycles. The first-order valence-electron chi connectivity index (χ1n) is 8.54. The molecule has 0 unspecified atom stereocenters. The molecule has 4 heteroatoms. The van der Waals surface area contributed by atoms with Crippen LogP contribution < -0.4 is 5.43 Å². The van der Waals surface area contributed by atoms with Crippen LogP contribution in [-0.4, -0.2) is 12.1 Å². The van der Waals surface area contributed by atoms with E-state index in [1.165, 1.54) is 23.4 Å². The van der Waals surface area contributed by atoms with Crippen LogP contribution in [0.3, 0.4) is 0 Å². The van der Waals surface area contributed by atoms with Crippen molar-refractivity contribution in [2.24, 2.45) is 11.0 Å². The zero-order chi connectivity index (χ0) is 18.0. The summed E-state index contributed by atoms with van der Waals surface area (Å²) in [4.78, 5) is 12.2. The number of nitrogens with one attached hydrogen (secondary N) is 1. The van der Waals surface area contributed by atoms with E-state index in [9.17, 15) is 9.18 Å². The van der Waals surface area contributed by atoms with Gasteiger partial charge in [0, 0.05) is 11.5 Å². The molecule has 2 atom stereocenters. The summed E-state index contributed by atoms with van der Waals surface area (Å²) in [7, 11) is 0. The Hall–Kier alpha value is -2.49. The lowest BCUT2D eigenvalue weighted by atomic mass is 9.86. The van der Waals surface area contributed by atoms with Crippen LogP contribution in [0.1, 0.15) is 49.8 Å². The lowest BCUT2D eigenvalue weighted by Gasteiger charge is -2.19. The second kappa shape index (κ2) is 6.79. The summed E-state index contributed by atoms with van der Waals surface area (Å²) >= 11 is 0. The molecule has 25 heavy (non-hydrogen) atoms. The highest BCUT2D eigenvalue weighted by Gasteiger charge is 2.43. The highest BCUT2D eigenvalue weighted by Crippen LogP contribution is 2.47. The van der Waals surface area contributed by atoms with Gasteiger partial charge in [-0.05, 0) is 34.9 Å². The number of carbonyl (C=O) groups is 1. The minimum atomic E-state index is -0.358. The molecule has 0 aromatic heterocycles. The minimum Gasteiger partial charge on any atom is -0.273 e. The first-order valence-corrected chi connectivity index (χ1v) is 8.54. The molecule has 0 spiro atoms. The van der Waals surface area contributed by atoms with Gasteiger partial charge in [-0.25, -0.2) is 9.82 Å². The Morgan fingerprint density at radius 2 is 1.84 bits per heavy atom. The smallest absolute Gasteiger partial charge is 0.243 e. The predicted molar refractivity (Wildman–Crippen MR) is 98.1 cm³/mol. The third kappa shape index (κ3) is 4.13. The fraction of sp³-hybridized carbons (Fsp3) is 0.333. The molecule has 0 saturated heterocycles. The van der Waals surface area contributed by atoms with Crippen LogP contribution in [0.5, 0.6) is 0 Å². The molecule has 0 bridgehead atoms. The van der Waals surface area contributed by atoms with Gasteiger partial charge in [-0.1, -0.05) is 63.2 Å². The Kier molecular flexibility index (Phi) is 4.71. The van der Waals surface area contributed by atoms with Crippen LogP contribution >= 0.6 is 0 Å². The quantitative estimate of drug-likeness (QED) is 0.652. The molecule has 0 heterocycles. The lowest BCUT2D eigenvalue weighted by molar-refractivity contribution is -0.122. The molecule has 1 fully saturated rings. The second-order valence-corrected chi connectivity index (χ2v) is 7.58. The standard InChI is InChI=1S/C21H23FN2O/c1-21(2,3)16-10-8-14(9-11-16)17-12-18(17)20(25)24-23-13-15-6-4-5-7-19(15)22/h4-11,13,17-18H,12H2,1-3H3,(H,24,25)/t17-,18-/m0/s1. The number of carbonyl (C=O) groups excluding carboxylic acids is 1. The molecule has 0 radical (unpaired) electrons. The summed E-state index contributed by atoms with van der Waals surface area (Å²) in [5, 5.41) is 3.87. The number of benzene rings is 2. The predicted octanol–water partition coefficient (Wildman–Crippen LogP) is 4.38. The van der Waals surface area contributed by atoms with Gasteiger partial charge in [0.1, 0.15) is 5.82 Å². The van der Waals surface area contributed by atoms with Gasteiger partial charge in [0.15, 0.2) is 0 Å². The van der Waals surface area contributed by atoms with E-state index in [1.807, 2.05) is 0 Å². The SMILES string of the molecule is CC(C)(C)c1ccc([C@@H]2C[C@@H]2C(=O)NN=Cc2ccccc2F)cc1. The van der Waals surface area contributed by atoms with Crippen molar-refractivity contribution in [2.45, 2.75) is 38.5 Å². The monoisotopic (exact) mass is 338 g/mol. The summed E-state index contributed by atoms with van der Waals surface area (Å²) in [6, 6.07) is 14.8. The maximum atomic E-state index is 13.5. The fourth-order valence-corrected chi connectivity index (χ4v) is 2.91. The fourth-order valence-electron chi connectivity index (χ4n) is 2.91. The molecule has 1 amide bonds. The molecule has 2 aromatic carbocycles. The van der Waals surface area contributed by atoms with E-state index in [2.05, 4.69) is 55.6 Å². The van der Waals surface area contributed by atoms with Crippen molar-refractivity contribution in [1.82, 2.24) is 5.43 Å². The number of hydrazone groups is 1. The second-order valence-electron chi connectivity index (χ2n) is 7.58. The zero-order valence-corrected chi connectivity index (χ0v) is 14.8. The van der Waals surface area contributed by atoms with Crippen LogP contribution in [-0.2, 0) is 10.2 Å². The Morgan fingerprint density at radius 1 is 1.16 bits per heavy atom. The average molecular weight is 338 g/mol. The number of nitrogens with zero attached hydrogens (tertiary/aromatic N) is 1. The number of halogens is 1. The summed E-state index contributed by atoms with van der Waals surface area (Å²) in [5.41, 5.74) is 5.47. The number of hydrogen-bond acceptors (Lipinski definition) is 2. The molecule has 130 valence electrons. The van der Waals surface area contributed by atoms with E-state index in [0.717, 1.165) is 6.42 Å². The number of hydrogen-bond donors (Lipinski definition) is 1. The van der Waals surface area contributed by atoms with Crippen molar-refractivity contribution < 1.29 is 9.18 Å². The summed E-state index contributed by atoms with van der Waals surface area (Å²) in [6.07, 6.45) is 2.17. The van der Waals surface area contributed by atoms with Crippen molar-refractivity contribution in [1.29, 1.82) is 0 Å². The van der Waals surface area contributed by atoms with Crippen molar-refractivity contribution in [3.63, 3.8) is 0 Å². The van der Waals surface area contributed by atoms with Crippen LogP contribution in [0.15, 0.2) is 53.6 Å². The Balaban J connectivity index is 1.56. The van der Waals surface area contributed by atoms with Crippen molar-refractivity contribution in [3.8, 4) is 0 Å². The van der Waals surface area contributed by atoms with Crippen molar-refractivity contribution >= 4 is 12.1 Å². The minimum absolute atomic E-state index is 0.0572. The maximum absolute atomic E-state index is 13.5. The third-order valence-corrected chi connectivity index (χ3v) is 4.62. The first kappa shape index (κ1) is 17.3. The highest BCUT2D eigenvalue weighted by atomic mass is 19.1.